The minimum atomic E-state index is -0.595. The van der Waals surface area contributed by atoms with Crippen LogP contribution in [0.1, 0.15) is 5.56 Å². The van der Waals surface area contributed by atoms with E-state index in [4.69, 9.17) is 26.8 Å². The smallest absolute Gasteiger partial charge is 0.289 e. The summed E-state index contributed by atoms with van der Waals surface area (Å²) >= 11 is 7.02. The van der Waals surface area contributed by atoms with Crippen LogP contribution in [-0.2, 0) is 4.79 Å². The van der Waals surface area contributed by atoms with Crippen molar-refractivity contribution in [2.24, 2.45) is 10.7 Å². The Hall–Kier alpha value is -2.97. The lowest BCUT2D eigenvalue weighted by molar-refractivity contribution is -0.119. The molecule has 0 saturated carbocycles. The summed E-state index contributed by atoms with van der Waals surface area (Å²) in [4.78, 5) is 27.9. The van der Waals surface area contributed by atoms with Gasteiger partial charge in [-0.05, 0) is 53.7 Å². The van der Waals surface area contributed by atoms with Crippen molar-refractivity contribution < 1.29 is 19.1 Å². The van der Waals surface area contributed by atoms with E-state index in [0.717, 1.165) is 17.3 Å². The number of nitrogens with one attached hydrogen (secondary N) is 1. The average Bonchev–Trinajstić information content (AvgIpc) is 2.99. The number of primary amides is 1. The standard InChI is InChI=1S/C19H16ClN3O4S/c1-26-14-6-5-11(7-15(14)27-10-17(21)24)8-16-18(23-19(25)28-16)22-13-4-2-3-12(20)9-13/h2-9H,10H2,1H3,(H2,21,24)(H,22,23,25). The summed E-state index contributed by atoms with van der Waals surface area (Å²) in [5.41, 5.74) is 6.48. The highest BCUT2D eigenvalue weighted by molar-refractivity contribution is 8.18. The Morgan fingerprint density at radius 2 is 2.11 bits per heavy atom. The molecule has 0 aliphatic carbocycles. The fourth-order valence-corrected chi connectivity index (χ4v) is 3.30. The van der Waals surface area contributed by atoms with Crippen LogP contribution in [-0.4, -0.2) is 30.7 Å². The lowest BCUT2D eigenvalue weighted by Gasteiger charge is -2.10. The molecule has 1 heterocycles. The van der Waals surface area contributed by atoms with E-state index in [-0.39, 0.29) is 11.8 Å². The van der Waals surface area contributed by atoms with Gasteiger partial charge in [-0.25, -0.2) is 4.99 Å². The second-order valence-electron chi connectivity index (χ2n) is 5.63. The molecule has 1 aliphatic heterocycles. The van der Waals surface area contributed by atoms with Crippen molar-refractivity contribution in [3.8, 4) is 11.5 Å². The fraction of sp³-hybridized carbons (Fsp3) is 0.105. The zero-order valence-electron chi connectivity index (χ0n) is 14.8. The number of amidine groups is 1. The Labute approximate surface area is 170 Å². The Morgan fingerprint density at radius 1 is 1.29 bits per heavy atom. The van der Waals surface area contributed by atoms with Crippen LogP contribution in [0, 0.1) is 0 Å². The van der Waals surface area contributed by atoms with Gasteiger partial charge < -0.3 is 20.5 Å². The zero-order valence-corrected chi connectivity index (χ0v) is 16.3. The average molecular weight is 418 g/mol. The molecule has 0 aromatic heterocycles. The normalized spacial score (nSPS) is 16.3. The molecule has 0 unspecified atom stereocenters. The third-order valence-electron chi connectivity index (χ3n) is 3.56. The van der Waals surface area contributed by atoms with Gasteiger partial charge in [-0.2, -0.15) is 0 Å². The van der Waals surface area contributed by atoms with Crippen molar-refractivity contribution in [2.75, 3.05) is 13.7 Å². The van der Waals surface area contributed by atoms with E-state index in [1.54, 1.807) is 48.5 Å². The lowest BCUT2D eigenvalue weighted by atomic mass is 10.2. The quantitative estimate of drug-likeness (QED) is 0.745. The molecule has 0 bridgehead atoms. The maximum atomic E-state index is 11.9. The number of aliphatic imine (C=N–C) groups is 1. The molecule has 144 valence electrons. The van der Waals surface area contributed by atoms with Crippen molar-refractivity contribution in [3.05, 3.63) is 58.0 Å². The van der Waals surface area contributed by atoms with Gasteiger partial charge in [0.1, 0.15) is 5.84 Å². The Bertz CT molecular complexity index is 991. The van der Waals surface area contributed by atoms with Crippen molar-refractivity contribution in [3.63, 3.8) is 0 Å². The van der Waals surface area contributed by atoms with Crippen molar-refractivity contribution in [1.29, 1.82) is 0 Å². The zero-order chi connectivity index (χ0) is 20.1. The Kier molecular flexibility index (Phi) is 6.23. The molecule has 28 heavy (non-hydrogen) atoms. The van der Waals surface area contributed by atoms with Crippen molar-refractivity contribution in [1.82, 2.24) is 5.32 Å². The van der Waals surface area contributed by atoms with Crippen LogP contribution in [0.5, 0.6) is 11.5 Å². The first-order chi connectivity index (χ1) is 13.4. The van der Waals surface area contributed by atoms with Crippen molar-refractivity contribution >= 4 is 52.1 Å². The number of ether oxygens (including phenoxy) is 2. The van der Waals surface area contributed by atoms with Gasteiger partial charge in [-0.1, -0.05) is 23.7 Å². The van der Waals surface area contributed by atoms with Gasteiger partial charge >= 0.3 is 0 Å². The molecular weight excluding hydrogens is 402 g/mol. The van der Waals surface area contributed by atoms with Gasteiger partial charge in [0.15, 0.2) is 18.1 Å². The molecule has 3 rings (SSSR count). The SMILES string of the molecule is COc1ccc(C=C2SC(=O)NC2=Nc2cccc(Cl)c2)cc1OCC(N)=O. The van der Waals surface area contributed by atoms with Crippen LogP contribution in [0.15, 0.2) is 52.4 Å². The van der Waals surface area contributed by atoms with E-state index >= 15 is 0 Å². The number of nitrogens with two attached hydrogens (primary N) is 1. The maximum absolute atomic E-state index is 11.9. The van der Waals surface area contributed by atoms with Crippen LogP contribution < -0.4 is 20.5 Å². The highest BCUT2D eigenvalue weighted by Gasteiger charge is 2.23. The molecule has 2 amide bonds. The monoisotopic (exact) mass is 417 g/mol. The molecule has 0 atom stereocenters. The number of hydrogen-bond acceptors (Lipinski definition) is 6. The van der Waals surface area contributed by atoms with E-state index in [1.807, 2.05) is 0 Å². The summed E-state index contributed by atoms with van der Waals surface area (Å²) in [6, 6.07) is 12.2. The molecule has 0 radical (unpaired) electrons. The van der Waals surface area contributed by atoms with E-state index in [0.29, 0.717) is 32.9 Å². The molecule has 9 heteroatoms. The number of nitrogens with zero attached hydrogens (tertiary/aromatic N) is 1. The van der Waals surface area contributed by atoms with Gasteiger partial charge in [0.25, 0.3) is 11.1 Å². The molecule has 1 saturated heterocycles. The first kappa shape index (κ1) is 19.8. The first-order valence-electron chi connectivity index (χ1n) is 8.09. The third-order valence-corrected chi connectivity index (χ3v) is 4.61. The highest BCUT2D eigenvalue weighted by Crippen LogP contribution is 2.32. The van der Waals surface area contributed by atoms with Gasteiger partial charge in [0, 0.05) is 5.02 Å². The van der Waals surface area contributed by atoms with E-state index < -0.39 is 5.91 Å². The number of thioether (sulfide) groups is 1. The predicted octanol–water partition coefficient (Wildman–Crippen LogP) is 3.74. The second kappa shape index (κ2) is 8.81. The molecule has 2 aromatic rings. The molecule has 1 aliphatic rings. The Morgan fingerprint density at radius 3 is 2.82 bits per heavy atom. The summed E-state index contributed by atoms with van der Waals surface area (Å²) in [5.74, 6) is 0.659. The number of benzene rings is 2. The van der Waals surface area contributed by atoms with Gasteiger partial charge in [-0.3, -0.25) is 9.59 Å². The minimum Gasteiger partial charge on any atom is -0.493 e. The topological polar surface area (TPSA) is 103 Å². The van der Waals surface area contributed by atoms with Crippen LogP contribution in [0.4, 0.5) is 10.5 Å². The minimum absolute atomic E-state index is 0.231. The maximum Gasteiger partial charge on any atom is 0.289 e. The van der Waals surface area contributed by atoms with E-state index in [2.05, 4.69) is 10.3 Å². The fourth-order valence-electron chi connectivity index (χ4n) is 2.38. The molecule has 3 N–H and O–H groups in total. The summed E-state index contributed by atoms with van der Waals surface area (Å²) in [6.45, 7) is -0.271. The number of rotatable bonds is 6. The molecule has 7 nitrogen and oxygen atoms in total. The lowest BCUT2D eigenvalue weighted by Crippen LogP contribution is -2.20. The number of methoxy groups -OCH3 is 1. The number of carbonyl (C=O) groups excluding carboxylic acids is 2. The summed E-state index contributed by atoms with van der Waals surface area (Å²) < 4.78 is 10.6. The predicted molar refractivity (Wildman–Crippen MR) is 110 cm³/mol. The van der Waals surface area contributed by atoms with Gasteiger partial charge in [0.2, 0.25) is 0 Å². The van der Waals surface area contributed by atoms with Crippen LogP contribution in [0.3, 0.4) is 0 Å². The molecule has 1 fully saturated rings. The largest absolute Gasteiger partial charge is 0.493 e. The van der Waals surface area contributed by atoms with Gasteiger partial charge in [0.05, 0.1) is 17.7 Å². The Balaban J connectivity index is 1.93. The molecular formula is C19H16ClN3O4S. The van der Waals surface area contributed by atoms with Crippen molar-refractivity contribution in [2.45, 2.75) is 0 Å². The third kappa shape index (κ3) is 5.05. The van der Waals surface area contributed by atoms with Gasteiger partial charge in [-0.15, -0.1) is 0 Å². The number of amides is 2. The summed E-state index contributed by atoms with van der Waals surface area (Å²) in [5, 5.41) is 3.04. The van der Waals surface area contributed by atoms with Crippen LogP contribution in [0.2, 0.25) is 5.02 Å². The summed E-state index contributed by atoms with van der Waals surface area (Å²) in [7, 11) is 1.50. The van der Waals surface area contributed by atoms with E-state index in [9.17, 15) is 9.59 Å². The summed E-state index contributed by atoms with van der Waals surface area (Å²) in [6.07, 6.45) is 1.78. The van der Waals surface area contributed by atoms with Crippen LogP contribution in [0.25, 0.3) is 6.08 Å². The number of halogens is 1. The van der Waals surface area contributed by atoms with Crippen LogP contribution >= 0.6 is 23.4 Å². The number of hydrogen-bond donors (Lipinski definition) is 2. The highest BCUT2D eigenvalue weighted by atomic mass is 35.5. The first-order valence-corrected chi connectivity index (χ1v) is 9.28. The van der Waals surface area contributed by atoms with E-state index in [1.165, 1.54) is 7.11 Å². The molecule has 2 aromatic carbocycles. The molecule has 0 spiro atoms. The number of carbonyl (C=O) groups is 2. The second-order valence-corrected chi connectivity index (χ2v) is 7.08.